The second-order valence-electron chi connectivity index (χ2n) is 4.40. The molecular weight excluding hydrogens is 244 g/mol. The van der Waals surface area contributed by atoms with Gasteiger partial charge in [0.25, 0.3) is 0 Å². The first-order chi connectivity index (χ1) is 8.63. The standard InChI is InChI=1S/C14H22N2OS/c1-11(2)13-6-4-12(5-7-13)10-18-14(15)16-8-9-17-3/h4-7,11H,8-10H2,1-3H3,(H2,15,16). The molecule has 4 heteroatoms. The number of rotatable bonds is 6. The largest absolute Gasteiger partial charge is 0.383 e. The van der Waals surface area contributed by atoms with Gasteiger partial charge in [0.15, 0.2) is 5.17 Å². The maximum atomic E-state index is 5.80. The lowest BCUT2D eigenvalue weighted by Gasteiger charge is -2.06. The maximum absolute atomic E-state index is 5.80. The molecule has 3 nitrogen and oxygen atoms in total. The molecule has 0 spiro atoms. The average Bonchev–Trinajstić information content (AvgIpc) is 2.37. The van der Waals surface area contributed by atoms with Crippen molar-refractivity contribution >= 4 is 16.9 Å². The molecule has 0 aliphatic carbocycles. The number of methoxy groups -OCH3 is 1. The summed E-state index contributed by atoms with van der Waals surface area (Å²) in [6.07, 6.45) is 0. The van der Waals surface area contributed by atoms with Crippen molar-refractivity contribution in [1.29, 1.82) is 0 Å². The third kappa shape index (κ3) is 5.56. The van der Waals surface area contributed by atoms with Gasteiger partial charge in [-0.25, -0.2) is 0 Å². The van der Waals surface area contributed by atoms with Crippen molar-refractivity contribution in [2.24, 2.45) is 10.7 Å². The van der Waals surface area contributed by atoms with Gasteiger partial charge in [-0.15, -0.1) is 0 Å². The van der Waals surface area contributed by atoms with E-state index in [4.69, 9.17) is 10.5 Å². The summed E-state index contributed by atoms with van der Waals surface area (Å²) >= 11 is 1.57. The summed E-state index contributed by atoms with van der Waals surface area (Å²) in [5.74, 6) is 1.44. The van der Waals surface area contributed by atoms with E-state index in [0.717, 1.165) is 5.75 Å². The Morgan fingerprint density at radius 2 is 2.00 bits per heavy atom. The number of benzene rings is 1. The maximum Gasteiger partial charge on any atom is 0.154 e. The predicted molar refractivity (Wildman–Crippen MR) is 80.2 cm³/mol. The van der Waals surface area contributed by atoms with Gasteiger partial charge < -0.3 is 10.5 Å². The highest BCUT2D eigenvalue weighted by Crippen LogP contribution is 2.17. The molecule has 0 unspecified atom stereocenters. The van der Waals surface area contributed by atoms with E-state index < -0.39 is 0 Å². The van der Waals surface area contributed by atoms with Gasteiger partial charge in [-0.3, -0.25) is 4.99 Å². The van der Waals surface area contributed by atoms with Gasteiger partial charge in [-0.05, 0) is 17.0 Å². The van der Waals surface area contributed by atoms with E-state index in [2.05, 4.69) is 43.1 Å². The number of nitrogens with zero attached hydrogens (tertiary/aromatic N) is 1. The Morgan fingerprint density at radius 1 is 1.33 bits per heavy atom. The number of hydrogen-bond acceptors (Lipinski definition) is 3. The van der Waals surface area contributed by atoms with Crippen LogP contribution in [0.5, 0.6) is 0 Å². The molecule has 0 bridgehead atoms. The number of nitrogens with two attached hydrogens (primary N) is 1. The Labute approximate surface area is 114 Å². The quantitative estimate of drug-likeness (QED) is 0.489. The van der Waals surface area contributed by atoms with Crippen molar-refractivity contribution in [3.63, 3.8) is 0 Å². The minimum Gasteiger partial charge on any atom is -0.383 e. The molecule has 100 valence electrons. The van der Waals surface area contributed by atoms with Gasteiger partial charge in [0.1, 0.15) is 0 Å². The van der Waals surface area contributed by atoms with Gasteiger partial charge in [0.05, 0.1) is 13.2 Å². The van der Waals surface area contributed by atoms with Crippen LogP contribution in [0.25, 0.3) is 0 Å². The van der Waals surface area contributed by atoms with E-state index in [1.807, 2.05) is 0 Å². The smallest absolute Gasteiger partial charge is 0.154 e. The Bertz CT molecular complexity index is 374. The molecule has 0 aliphatic rings. The highest BCUT2D eigenvalue weighted by Gasteiger charge is 2.00. The number of ether oxygens (including phenoxy) is 1. The first-order valence-corrected chi connectivity index (χ1v) is 7.12. The van der Waals surface area contributed by atoms with Crippen LogP contribution in [0.15, 0.2) is 29.3 Å². The molecule has 18 heavy (non-hydrogen) atoms. The van der Waals surface area contributed by atoms with E-state index in [1.165, 1.54) is 11.1 Å². The third-order valence-corrected chi connectivity index (χ3v) is 3.50. The SMILES string of the molecule is COCCN=C(N)SCc1ccc(C(C)C)cc1. The second-order valence-corrected chi connectivity index (χ2v) is 5.39. The Balaban J connectivity index is 2.41. The molecule has 0 heterocycles. The molecule has 0 saturated carbocycles. The molecule has 0 saturated heterocycles. The van der Waals surface area contributed by atoms with E-state index in [-0.39, 0.29) is 0 Å². The molecule has 0 atom stereocenters. The van der Waals surface area contributed by atoms with Crippen LogP contribution in [-0.4, -0.2) is 25.4 Å². The Hall–Kier alpha value is -1.00. The first kappa shape index (κ1) is 15.1. The monoisotopic (exact) mass is 266 g/mol. The summed E-state index contributed by atoms with van der Waals surface area (Å²) in [5, 5.41) is 0.625. The van der Waals surface area contributed by atoms with Crippen molar-refractivity contribution in [2.45, 2.75) is 25.5 Å². The summed E-state index contributed by atoms with van der Waals surface area (Å²) in [4.78, 5) is 4.21. The van der Waals surface area contributed by atoms with E-state index >= 15 is 0 Å². The summed E-state index contributed by atoms with van der Waals surface area (Å²) in [7, 11) is 1.66. The van der Waals surface area contributed by atoms with Gasteiger partial charge in [-0.1, -0.05) is 49.9 Å². The fourth-order valence-corrected chi connectivity index (χ4v) is 2.14. The van der Waals surface area contributed by atoms with E-state index in [9.17, 15) is 0 Å². The van der Waals surface area contributed by atoms with Gasteiger partial charge in [0, 0.05) is 12.9 Å². The van der Waals surface area contributed by atoms with E-state index in [0.29, 0.717) is 24.2 Å². The van der Waals surface area contributed by atoms with E-state index in [1.54, 1.807) is 18.9 Å². The van der Waals surface area contributed by atoms with Crippen molar-refractivity contribution in [1.82, 2.24) is 0 Å². The topological polar surface area (TPSA) is 47.6 Å². The highest BCUT2D eigenvalue weighted by atomic mass is 32.2. The number of amidine groups is 1. The van der Waals surface area contributed by atoms with Gasteiger partial charge in [0.2, 0.25) is 0 Å². The van der Waals surface area contributed by atoms with Crippen LogP contribution in [0.2, 0.25) is 0 Å². The minimum absolute atomic E-state index is 0.576. The normalized spacial score (nSPS) is 12.1. The van der Waals surface area contributed by atoms with Crippen LogP contribution in [0.4, 0.5) is 0 Å². The third-order valence-electron chi connectivity index (χ3n) is 2.60. The summed E-state index contributed by atoms with van der Waals surface area (Å²) in [6.45, 7) is 5.64. The Morgan fingerprint density at radius 3 is 2.56 bits per heavy atom. The van der Waals surface area contributed by atoms with Crippen LogP contribution in [0.1, 0.15) is 30.9 Å². The zero-order valence-electron chi connectivity index (χ0n) is 11.3. The zero-order chi connectivity index (χ0) is 13.4. The average molecular weight is 266 g/mol. The van der Waals surface area contributed by atoms with Crippen LogP contribution in [-0.2, 0) is 10.5 Å². The van der Waals surface area contributed by atoms with Crippen molar-refractivity contribution in [2.75, 3.05) is 20.3 Å². The number of hydrogen-bond donors (Lipinski definition) is 1. The second kappa shape index (κ2) is 8.16. The lowest BCUT2D eigenvalue weighted by atomic mass is 10.0. The summed E-state index contributed by atoms with van der Waals surface area (Å²) in [5.41, 5.74) is 8.44. The van der Waals surface area contributed by atoms with Gasteiger partial charge in [-0.2, -0.15) is 0 Å². The van der Waals surface area contributed by atoms with Crippen LogP contribution in [0, 0.1) is 0 Å². The van der Waals surface area contributed by atoms with Crippen molar-refractivity contribution < 1.29 is 4.74 Å². The molecule has 1 aromatic carbocycles. The lowest BCUT2D eigenvalue weighted by Crippen LogP contribution is -2.09. The lowest BCUT2D eigenvalue weighted by molar-refractivity contribution is 0.208. The zero-order valence-corrected chi connectivity index (χ0v) is 12.2. The van der Waals surface area contributed by atoms with Gasteiger partial charge >= 0.3 is 0 Å². The molecule has 0 radical (unpaired) electrons. The molecular formula is C14H22N2OS. The molecule has 1 rings (SSSR count). The predicted octanol–water partition coefficient (Wildman–Crippen LogP) is 3.00. The summed E-state index contributed by atoms with van der Waals surface area (Å²) in [6, 6.07) is 8.67. The molecule has 0 fully saturated rings. The molecule has 0 aromatic heterocycles. The van der Waals surface area contributed by atoms with Crippen molar-refractivity contribution in [3.8, 4) is 0 Å². The van der Waals surface area contributed by atoms with Crippen LogP contribution < -0.4 is 5.73 Å². The number of thioether (sulfide) groups is 1. The highest BCUT2D eigenvalue weighted by molar-refractivity contribution is 8.13. The Kier molecular flexibility index (Phi) is 6.83. The molecule has 0 amide bonds. The molecule has 1 aromatic rings. The first-order valence-electron chi connectivity index (χ1n) is 6.14. The van der Waals surface area contributed by atoms with Crippen LogP contribution in [0.3, 0.4) is 0 Å². The number of aliphatic imine (C=N–C) groups is 1. The fraction of sp³-hybridized carbons (Fsp3) is 0.500. The fourth-order valence-electron chi connectivity index (χ4n) is 1.45. The van der Waals surface area contributed by atoms with Crippen molar-refractivity contribution in [3.05, 3.63) is 35.4 Å². The molecule has 2 N–H and O–H groups in total. The van der Waals surface area contributed by atoms with Crippen LogP contribution >= 0.6 is 11.8 Å². The minimum atomic E-state index is 0.576. The molecule has 0 aliphatic heterocycles. The summed E-state index contributed by atoms with van der Waals surface area (Å²) < 4.78 is 4.92.